The van der Waals surface area contributed by atoms with Crippen molar-refractivity contribution in [3.63, 3.8) is 0 Å². The predicted molar refractivity (Wildman–Crippen MR) is 83.6 cm³/mol. The fourth-order valence-corrected chi connectivity index (χ4v) is 2.39. The Morgan fingerprint density at radius 1 is 1.35 bits per heavy atom. The molecule has 0 atom stereocenters. The van der Waals surface area contributed by atoms with Crippen LogP contribution < -0.4 is 15.8 Å². The van der Waals surface area contributed by atoms with Crippen LogP contribution >= 0.6 is 11.8 Å². The Morgan fingerprint density at radius 2 is 2.04 bits per heavy atom. The Kier molecular flexibility index (Phi) is 5.69. The van der Waals surface area contributed by atoms with Crippen molar-refractivity contribution in [1.29, 1.82) is 0 Å². The Bertz CT molecular complexity index is 663. The van der Waals surface area contributed by atoms with E-state index in [-0.39, 0.29) is 17.4 Å². The quantitative estimate of drug-likeness (QED) is 0.621. The number of halogens is 2. The van der Waals surface area contributed by atoms with E-state index in [2.05, 4.69) is 20.0 Å². The van der Waals surface area contributed by atoms with Gasteiger partial charge in [0.1, 0.15) is 11.6 Å². The van der Waals surface area contributed by atoms with Crippen LogP contribution in [0.25, 0.3) is 0 Å². The molecule has 9 heteroatoms. The first kappa shape index (κ1) is 16.9. The minimum atomic E-state index is -2.88. The fourth-order valence-electron chi connectivity index (χ4n) is 1.68. The molecule has 0 bridgehead atoms. The summed E-state index contributed by atoms with van der Waals surface area (Å²) in [5, 5.41) is 3.05. The first-order valence-electron chi connectivity index (χ1n) is 6.51. The molecule has 0 radical (unpaired) electrons. The van der Waals surface area contributed by atoms with E-state index in [1.807, 2.05) is 0 Å². The lowest BCUT2D eigenvalue weighted by atomic mass is 10.3. The number of alkyl halides is 2. The third kappa shape index (κ3) is 5.70. The number of amides is 1. The van der Waals surface area contributed by atoms with Gasteiger partial charge in [-0.15, -0.1) is 0 Å². The molecule has 0 aliphatic carbocycles. The Hall–Kier alpha value is -2.42. The molecule has 0 aliphatic rings. The van der Waals surface area contributed by atoms with Crippen LogP contribution in [0.3, 0.4) is 0 Å². The summed E-state index contributed by atoms with van der Waals surface area (Å²) >= 11 is 1.15. The summed E-state index contributed by atoms with van der Waals surface area (Å²) in [6.45, 7) is -1.10. The highest BCUT2D eigenvalue weighted by molar-refractivity contribution is 7.99. The van der Waals surface area contributed by atoms with Gasteiger partial charge in [-0.3, -0.25) is 4.79 Å². The van der Waals surface area contributed by atoms with E-state index in [0.29, 0.717) is 16.7 Å². The molecule has 1 amide bonds. The van der Waals surface area contributed by atoms with Crippen LogP contribution in [0.1, 0.15) is 5.69 Å². The molecule has 0 saturated heterocycles. The summed E-state index contributed by atoms with van der Waals surface area (Å²) in [5.41, 5.74) is 6.80. The van der Waals surface area contributed by atoms with Gasteiger partial charge in [0.15, 0.2) is 5.16 Å². The van der Waals surface area contributed by atoms with Crippen LogP contribution in [-0.2, 0) is 4.79 Å². The van der Waals surface area contributed by atoms with Crippen LogP contribution in [-0.4, -0.2) is 28.2 Å². The lowest BCUT2D eigenvalue weighted by Crippen LogP contribution is -2.14. The first-order valence-corrected chi connectivity index (χ1v) is 7.49. The monoisotopic (exact) mass is 340 g/mol. The molecule has 2 aromatic rings. The zero-order valence-corrected chi connectivity index (χ0v) is 12.9. The smallest absolute Gasteiger partial charge is 0.387 e. The van der Waals surface area contributed by atoms with E-state index in [1.165, 1.54) is 24.3 Å². The van der Waals surface area contributed by atoms with Crippen molar-refractivity contribution in [2.24, 2.45) is 0 Å². The van der Waals surface area contributed by atoms with E-state index in [0.717, 1.165) is 17.5 Å². The SMILES string of the molecule is Cc1cc(N)nc(SCC(=O)Nc2ccc(OC(F)F)cc2)n1. The number of carbonyl (C=O) groups excluding carboxylic acids is 1. The zero-order chi connectivity index (χ0) is 16.8. The number of hydrogen-bond donors (Lipinski definition) is 2. The number of aryl methyl sites for hydroxylation is 1. The number of thioether (sulfide) groups is 1. The summed E-state index contributed by atoms with van der Waals surface area (Å²) in [5.74, 6) is 0.185. The maximum Gasteiger partial charge on any atom is 0.387 e. The number of anilines is 2. The molecule has 23 heavy (non-hydrogen) atoms. The van der Waals surface area contributed by atoms with Crippen molar-refractivity contribution < 1.29 is 18.3 Å². The molecule has 0 unspecified atom stereocenters. The summed E-state index contributed by atoms with van der Waals surface area (Å²) < 4.78 is 28.3. The standard InChI is InChI=1S/C14H14F2N4O2S/c1-8-6-11(17)20-14(18-8)23-7-12(21)19-9-2-4-10(5-3-9)22-13(15)16/h2-6,13H,7H2,1H3,(H,19,21)(H2,17,18,20). The number of benzene rings is 1. The van der Waals surface area contributed by atoms with Gasteiger partial charge in [-0.1, -0.05) is 11.8 Å². The third-order valence-corrected chi connectivity index (χ3v) is 3.40. The number of nitrogens with one attached hydrogen (secondary N) is 1. The molecular weight excluding hydrogens is 326 g/mol. The highest BCUT2D eigenvalue weighted by Crippen LogP contribution is 2.19. The Labute approximate surface area is 135 Å². The lowest BCUT2D eigenvalue weighted by molar-refractivity contribution is -0.113. The molecule has 0 saturated carbocycles. The lowest BCUT2D eigenvalue weighted by Gasteiger charge is -2.07. The largest absolute Gasteiger partial charge is 0.435 e. The van der Waals surface area contributed by atoms with Crippen molar-refractivity contribution in [2.45, 2.75) is 18.7 Å². The van der Waals surface area contributed by atoms with Crippen LogP contribution in [0.5, 0.6) is 5.75 Å². The second-order valence-electron chi connectivity index (χ2n) is 4.46. The Balaban J connectivity index is 1.87. The minimum Gasteiger partial charge on any atom is -0.435 e. The molecular formula is C14H14F2N4O2S. The molecule has 3 N–H and O–H groups in total. The normalized spacial score (nSPS) is 10.6. The van der Waals surface area contributed by atoms with Gasteiger partial charge in [0, 0.05) is 17.4 Å². The van der Waals surface area contributed by atoms with Gasteiger partial charge in [0.25, 0.3) is 0 Å². The van der Waals surface area contributed by atoms with Gasteiger partial charge >= 0.3 is 6.61 Å². The number of aromatic nitrogens is 2. The minimum absolute atomic E-state index is 0.0241. The average Bonchev–Trinajstić information content (AvgIpc) is 2.46. The second kappa shape index (κ2) is 7.73. The molecule has 0 fully saturated rings. The van der Waals surface area contributed by atoms with E-state index in [9.17, 15) is 13.6 Å². The molecule has 1 heterocycles. The van der Waals surface area contributed by atoms with Crippen LogP contribution in [0.2, 0.25) is 0 Å². The van der Waals surface area contributed by atoms with E-state index >= 15 is 0 Å². The summed E-state index contributed by atoms with van der Waals surface area (Å²) in [6, 6.07) is 7.27. The number of nitrogens with zero attached hydrogens (tertiary/aromatic N) is 2. The molecule has 2 rings (SSSR count). The predicted octanol–water partition coefficient (Wildman–Crippen LogP) is 2.70. The zero-order valence-electron chi connectivity index (χ0n) is 12.1. The summed E-state index contributed by atoms with van der Waals surface area (Å²) in [4.78, 5) is 20.0. The molecule has 1 aromatic heterocycles. The Morgan fingerprint density at radius 3 is 2.65 bits per heavy atom. The molecule has 0 spiro atoms. The highest BCUT2D eigenvalue weighted by Gasteiger charge is 2.08. The maximum absolute atomic E-state index is 12.0. The summed E-state index contributed by atoms with van der Waals surface area (Å²) in [6.07, 6.45) is 0. The number of nitrogen functional groups attached to an aromatic ring is 1. The average molecular weight is 340 g/mol. The summed E-state index contributed by atoms with van der Waals surface area (Å²) in [7, 11) is 0. The number of carbonyl (C=O) groups is 1. The van der Waals surface area contributed by atoms with Crippen molar-refractivity contribution >= 4 is 29.2 Å². The third-order valence-electron chi connectivity index (χ3n) is 2.55. The number of rotatable bonds is 6. The molecule has 6 nitrogen and oxygen atoms in total. The fraction of sp³-hybridized carbons (Fsp3) is 0.214. The van der Waals surface area contributed by atoms with Crippen molar-refractivity contribution in [1.82, 2.24) is 9.97 Å². The van der Waals surface area contributed by atoms with Crippen LogP contribution in [0, 0.1) is 6.92 Å². The van der Waals surface area contributed by atoms with Gasteiger partial charge in [0.05, 0.1) is 5.75 Å². The van der Waals surface area contributed by atoms with Gasteiger partial charge in [-0.25, -0.2) is 9.97 Å². The van der Waals surface area contributed by atoms with E-state index in [4.69, 9.17) is 5.73 Å². The highest BCUT2D eigenvalue weighted by atomic mass is 32.2. The van der Waals surface area contributed by atoms with Crippen molar-refractivity contribution in [3.05, 3.63) is 36.0 Å². The second-order valence-corrected chi connectivity index (χ2v) is 5.40. The van der Waals surface area contributed by atoms with Gasteiger partial charge in [-0.2, -0.15) is 8.78 Å². The van der Waals surface area contributed by atoms with Crippen LogP contribution in [0.4, 0.5) is 20.3 Å². The number of nitrogens with two attached hydrogens (primary N) is 1. The molecule has 1 aromatic carbocycles. The molecule has 122 valence electrons. The van der Waals surface area contributed by atoms with E-state index < -0.39 is 6.61 Å². The first-order chi connectivity index (χ1) is 10.9. The van der Waals surface area contributed by atoms with Crippen LogP contribution in [0.15, 0.2) is 35.5 Å². The van der Waals surface area contributed by atoms with Gasteiger partial charge < -0.3 is 15.8 Å². The van der Waals surface area contributed by atoms with Crippen molar-refractivity contribution in [2.75, 3.05) is 16.8 Å². The van der Waals surface area contributed by atoms with E-state index in [1.54, 1.807) is 13.0 Å². The van der Waals surface area contributed by atoms with Gasteiger partial charge in [-0.05, 0) is 31.2 Å². The molecule has 0 aliphatic heterocycles. The topological polar surface area (TPSA) is 90.1 Å². The van der Waals surface area contributed by atoms with Gasteiger partial charge in [0.2, 0.25) is 5.91 Å². The maximum atomic E-state index is 12.0. The van der Waals surface area contributed by atoms with Crippen molar-refractivity contribution in [3.8, 4) is 5.75 Å². The number of hydrogen-bond acceptors (Lipinski definition) is 6. The number of ether oxygens (including phenoxy) is 1.